The van der Waals surface area contributed by atoms with Crippen molar-refractivity contribution in [3.05, 3.63) is 47.9 Å². The maximum absolute atomic E-state index is 13.2. The van der Waals surface area contributed by atoms with Gasteiger partial charge < -0.3 is 19.5 Å². The molecule has 0 saturated carbocycles. The van der Waals surface area contributed by atoms with Crippen molar-refractivity contribution >= 4 is 11.8 Å². The molecule has 1 aliphatic heterocycles. The van der Waals surface area contributed by atoms with Crippen LogP contribution in [0, 0.1) is 5.82 Å². The van der Waals surface area contributed by atoms with Crippen molar-refractivity contribution in [1.29, 1.82) is 0 Å². The van der Waals surface area contributed by atoms with Gasteiger partial charge in [0, 0.05) is 6.07 Å². The zero-order chi connectivity index (χ0) is 18.9. The Kier molecular flexibility index (Phi) is 4.58. The number of hydrogen-bond acceptors (Lipinski definition) is 5. The molecule has 2 aromatic rings. The van der Waals surface area contributed by atoms with Crippen LogP contribution in [0.5, 0.6) is 11.5 Å². The van der Waals surface area contributed by atoms with Crippen LogP contribution in [0.2, 0.25) is 0 Å². The van der Waals surface area contributed by atoms with E-state index in [2.05, 4.69) is 9.72 Å². The molecule has 0 bridgehead atoms. The molecule has 3 rings (SSSR count). The normalized spacial score (nSPS) is 14.7. The van der Waals surface area contributed by atoms with Gasteiger partial charge in [-0.15, -0.1) is 13.2 Å². The molecule has 0 aliphatic carbocycles. The van der Waals surface area contributed by atoms with E-state index in [0.717, 1.165) is 24.4 Å². The molecule has 1 saturated heterocycles. The van der Waals surface area contributed by atoms with Gasteiger partial charge in [0.05, 0.1) is 19.3 Å². The molecule has 6 nitrogen and oxygen atoms in total. The third-order valence-electron chi connectivity index (χ3n) is 3.55. The molecule has 1 fully saturated rings. The van der Waals surface area contributed by atoms with E-state index >= 15 is 0 Å². The first-order valence-electron chi connectivity index (χ1n) is 7.37. The summed E-state index contributed by atoms with van der Waals surface area (Å²) >= 11 is 0. The summed E-state index contributed by atoms with van der Waals surface area (Å²) in [5.74, 6) is -2.19. The summed E-state index contributed by atoms with van der Waals surface area (Å²) in [7, 11) is 0. The van der Waals surface area contributed by atoms with Crippen LogP contribution in [-0.4, -0.2) is 41.6 Å². The first-order chi connectivity index (χ1) is 12.2. The zero-order valence-corrected chi connectivity index (χ0v) is 13.0. The van der Waals surface area contributed by atoms with E-state index in [9.17, 15) is 22.4 Å². The fraction of sp³-hybridized carbons (Fsp3) is 0.250. The number of alkyl halides is 3. The molecule has 0 amide bonds. The lowest BCUT2D eigenvalue weighted by atomic mass is 10.1. The maximum Gasteiger partial charge on any atom is 0.573 e. The molecule has 1 N–H and O–H groups in total. The molecule has 0 atom stereocenters. The van der Waals surface area contributed by atoms with Gasteiger partial charge in [-0.25, -0.2) is 14.2 Å². The minimum Gasteiger partial charge on any atom is -0.487 e. The maximum atomic E-state index is 13.2. The summed E-state index contributed by atoms with van der Waals surface area (Å²) in [5, 5.41) is 9.11. The Morgan fingerprint density at radius 2 is 1.92 bits per heavy atom. The molecule has 2 heterocycles. The number of benzene rings is 1. The van der Waals surface area contributed by atoms with Crippen molar-refractivity contribution in [2.45, 2.75) is 12.5 Å². The number of ether oxygens (including phenoxy) is 2. The first-order valence-corrected chi connectivity index (χ1v) is 7.37. The largest absolute Gasteiger partial charge is 0.573 e. The highest BCUT2D eigenvalue weighted by atomic mass is 19.4. The van der Waals surface area contributed by atoms with E-state index in [1.807, 2.05) is 0 Å². The predicted molar refractivity (Wildman–Crippen MR) is 80.9 cm³/mol. The standard InChI is InChI=1S/C16H12F4N2O4/c17-9-4-13(15(23)24)14(21-6-9)22-7-12(8-22)25-10-2-1-3-11(5-10)26-16(18,19)20/h1-6,12H,7-8H2,(H,23,24). The van der Waals surface area contributed by atoms with E-state index < -0.39 is 23.9 Å². The molecular weight excluding hydrogens is 360 g/mol. The average molecular weight is 372 g/mol. The summed E-state index contributed by atoms with van der Waals surface area (Å²) in [6, 6.07) is 5.96. The molecule has 0 radical (unpaired) electrons. The molecular formula is C16H12F4N2O4. The Labute approximate surface area is 144 Å². The van der Waals surface area contributed by atoms with Gasteiger partial charge in [0.25, 0.3) is 0 Å². The van der Waals surface area contributed by atoms with Gasteiger partial charge in [0.15, 0.2) is 0 Å². The SMILES string of the molecule is O=C(O)c1cc(F)cnc1N1CC(Oc2cccc(OC(F)(F)F)c2)C1. The monoisotopic (exact) mass is 372 g/mol. The highest BCUT2D eigenvalue weighted by molar-refractivity contribution is 5.93. The molecule has 10 heteroatoms. The topological polar surface area (TPSA) is 71.9 Å². The second kappa shape index (κ2) is 6.70. The number of nitrogens with zero attached hydrogens (tertiary/aromatic N) is 2. The number of aromatic nitrogens is 1. The summed E-state index contributed by atoms with van der Waals surface area (Å²) < 4.78 is 59.2. The van der Waals surface area contributed by atoms with E-state index in [1.165, 1.54) is 12.1 Å². The van der Waals surface area contributed by atoms with Crippen LogP contribution in [0.15, 0.2) is 36.5 Å². The summed E-state index contributed by atoms with van der Waals surface area (Å²) in [6.45, 7) is 0.506. The fourth-order valence-corrected chi connectivity index (χ4v) is 2.46. The molecule has 26 heavy (non-hydrogen) atoms. The Morgan fingerprint density at radius 1 is 1.23 bits per heavy atom. The van der Waals surface area contributed by atoms with Gasteiger partial charge in [-0.3, -0.25) is 0 Å². The van der Waals surface area contributed by atoms with Crippen LogP contribution in [0.25, 0.3) is 0 Å². The number of carboxylic acids is 1. The number of pyridine rings is 1. The quantitative estimate of drug-likeness (QED) is 0.814. The number of anilines is 1. The number of carboxylic acid groups (broad SMARTS) is 1. The second-order valence-corrected chi connectivity index (χ2v) is 5.50. The minimum atomic E-state index is -4.80. The van der Waals surface area contributed by atoms with Gasteiger partial charge in [-0.1, -0.05) is 6.07 Å². The number of aromatic carboxylic acids is 1. The summed E-state index contributed by atoms with van der Waals surface area (Å²) in [4.78, 5) is 16.5. The van der Waals surface area contributed by atoms with Gasteiger partial charge in [0.1, 0.15) is 34.8 Å². The van der Waals surface area contributed by atoms with Gasteiger partial charge in [-0.2, -0.15) is 0 Å². The van der Waals surface area contributed by atoms with Crippen LogP contribution in [-0.2, 0) is 0 Å². The lowest BCUT2D eigenvalue weighted by Crippen LogP contribution is -2.54. The third kappa shape index (κ3) is 4.13. The predicted octanol–water partition coefficient (Wildman–Crippen LogP) is 3.09. The third-order valence-corrected chi connectivity index (χ3v) is 3.55. The van der Waals surface area contributed by atoms with Crippen LogP contribution >= 0.6 is 0 Å². The fourth-order valence-electron chi connectivity index (χ4n) is 2.46. The Hall–Kier alpha value is -3.04. The second-order valence-electron chi connectivity index (χ2n) is 5.50. The number of rotatable bonds is 5. The lowest BCUT2D eigenvalue weighted by Gasteiger charge is -2.40. The first kappa shape index (κ1) is 17.8. The highest BCUT2D eigenvalue weighted by Gasteiger charge is 2.33. The molecule has 0 unspecified atom stereocenters. The van der Waals surface area contributed by atoms with E-state index in [4.69, 9.17) is 9.84 Å². The Morgan fingerprint density at radius 3 is 2.58 bits per heavy atom. The van der Waals surface area contributed by atoms with Crippen LogP contribution in [0.1, 0.15) is 10.4 Å². The van der Waals surface area contributed by atoms with Crippen molar-refractivity contribution in [3.63, 3.8) is 0 Å². The smallest absolute Gasteiger partial charge is 0.487 e. The van der Waals surface area contributed by atoms with E-state index in [0.29, 0.717) is 0 Å². The van der Waals surface area contributed by atoms with E-state index in [1.54, 1.807) is 4.90 Å². The van der Waals surface area contributed by atoms with Crippen molar-refractivity contribution in [1.82, 2.24) is 4.98 Å². The van der Waals surface area contributed by atoms with Crippen LogP contribution in [0.4, 0.5) is 23.4 Å². The minimum absolute atomic E-state index is 0.105. The van der Waals surface area contributed by atoms with Gasteiger partial charge >= 0.3 is 12.3 Å². The molecule has 1 aromatic heterocycles. The van der Waals surface area contributed by atoms with Gasteiger partial charge in [-0.05, 0) is 18.2 Å². The average Bonchev–Trinajstić information content (AvgIpc) is 2.49. The van der Waals surface area contributed by atoms with Crippen LogP contribution in [0.3, 0.4) is 0 Å². The molecule has 1 aliphatic rings. The Balaban J connectivity index is 1.63. The lowest BCUT2D eigenvalue weighted by molar-refractivity contribution is -0.274. The van der Waals surface area contributed by atoms with E-state index in [-0.39, 0.29) is 36.3 Å². The number of hydrogen-bond donors (Lipinski definition) is 1. The molecule has 0 spiro atoms. The molecule has 138 valence electrons. The van der Waals surface area contributed by atoms with Crippen molar-refractivity contribution < 1.29 is 36.9 Å². The highest BCUT2D eigenvalue weighted by Crippen LogP contribution is 2.29. The number of halogens is 4. The van der Waals surface area contributed by atoms with Crippen molar-refractivity contribution in [2.24, 2.45) is 0 Å². The summed E-state index contributed by atoms with van der Waals surface area (Å²) in [5.41, 5.74) is -0.274. The van der Waals surface area contributed by atoms with Crippen molar-refractivity contribution in [2.75, 3.05) is 18.0 Å². The zero-order valence-electron chi connectivity index (χ0n) is 13.0. The van der Waals surface area contributed by atoms with Gasteiger partial charge in [0.2, 0.25) is 0 Å². The number of carbonyl (C=O) groups is 1. The van der Waals surface area contributed by atoms with Crippen molar-refractivity contribution in [3.8, 4) is 11.5 Å². The Bertz CT molecular complexity index is 822. The summed E-state index contributed by atoms with van der Waals surface area (Å²) in [6.07, 6.45) is -4.27. The molecule has 1 aromatic carbocycles. The van der Waals surface area contributed by atoms with Crippen LogP contribution < -0.4 is 14.4 Å².